The van der Waals surface area contributed by atoms with E-state index in [0.717, 1.165) is 31.7 Å². The molecule has 2 aromatic heterocycles. The van der Waals surface area contributed by atoms with Crippen molar-refractivity contribution < 1.29 is 18.0 Å². The second kappa shape index (κ2) is 8.02. The molecule has 3 heterocycles. The van der Waals surface area contributed by atoms with Crippen LogP contribution in [0.4, 0.5) is 13.2 Å². The molecule has 1 aromatic carbocycles. The Kier molecular flexibility index (Phi) is 5.57. The lowest BCUT2D eigenvalue weighted by molar-refractivity contribution is -0.142. The molecule has 1 aliphatic heterocycles. The Hall–Kier alpha value is -2.42. The average Bonchev–Trinajstić information content (AvgIpc) is 3.09. The Balaban J connectivity index is 1.87. The van der Waals surface area contributed by atoms with Gasteiger partial charge in [0.25, 0.3) is 5.91 Å². The third kappa shape index (κ3) is 3.71. The van der Waals surface area contributed by atoms with Crippen molar-refractivity contribution in [1.29, 1.82) is 0 Å². The van der Waals surface area contributed by atoms with Crippen LogP contribution in [0.3, 0.4) is 0 Å². The summed E-state index contributed by atoms with van der Waals surface area (Å²) < 4.78 is 42.4. The first kappa shape index (κ1) is 20.8. The normalized spacial score (nSPS) is 17.5. The molecular formula is C21H20BrF3N4O. The number of rotatable bonds is 3. The highest BCUT2D eigenvalue weighted by atomic mass is 79.9. The van der Waals surface area contributed by atoms with Crippen LogP contribution in [0.25, 0.3) is 16.9 Å². The van der Waals surface area contributed by atoms with Gasteiger partial charge in [0.2, 0.25) is 0 Å². The minimum absolute atomic E-state index is 0.0305. The quantitative estimate of drug-likeness (QED) is 0.491. The van der Waals surface area contributed by atoms with E-state index in [2.05, 4.69) is 26.0 Å². The number of carbonyl (C=O) groups excluding carboxylic acids is 1. The number of amides is 1. The summed E-state index contributed by atoms with van der Waals surface area (Å²) in [5.41, 5.74) is -0.333. The Morgan fingerprint density at radius 3 is 2.63 bits per heavy atom. The second-order valence-electron chi connectivity index (χ2n) is 7.34. The summed E-state index contributed by atoms with van der Waals surface area (Å²) in [7, 11) is 0. The van der Waals surface area contributed by atoms with E-state index in [4.69, 9.17) is 0 Å². The van der Waals surface area contributed by atoms with Crippen molar-refractivity contribution >= 4 is 27.5 Å². The summed E-state index contributed by atoms with van der Waals surface area (Å²) in [6.45, 7) is 2.58. The zero-order valence-electron chi connectivity index (χ0n) is 16.3. The Bertz CT molecular complexity index is 1080. The monoisotopic (exact) mass is 480 g/mol. The first-order valence-corrected chi connectivity index (χ1v) is 10.6. The molecule has 30 heavy (non-hydrogen) atoms. The summed E-state index contributed by atoms with van der Waals surface area (Å²) in [5.74, 6) is -0.367. The van der Waals surface area contributed by atoms with E-state index in [9.17, 15) is 18.0 Å². The first-order valence-electron chi connectivity index (χ1n) is 9.84. The van der Waals surface area contributed by atoms with Crippen LogP contribution in [0.15, 0.2) is 40.9 Å². The summed E-state index contributed by atoms with van der Waals surface area (Å²) >= 11 is 3.31. The molecule has 0 bridgehead atoms. The van der Waals surface area contributed by atoms with Gasteiger partial charge in [-0.05, 0) is 47.7 Å². The van der Waals surface area contributed by atoms with Gasteiger partial charge in [-0.1, -0.05) is 37.3 Å². The Labute approximate surface area is 180 Å². The predicted molar refractivity (Wildman–Crippen MR) is 110 cm³/mol. The van der Waals surface area contributed by atoms with E-state index >= 15 is 0 Å². The fourth-order valence-corrected chi connectivity index (χ4v) is 4.42. The molecule has 1 unspecified atom stereocenters. The molecule has 9 heteroatoms. The van der Waals surface area contributed by atoms with Gasteiger partial charge >= 0.3 is 6.18 Å². The number of piperidine rings is 1. The van der Waals surface area contributed by atoms with Gasteiger partial charge in [0.1, 0.15) is 0 Å². The number of hydrogen-bond donors (Lipinski definition) is 0. The molecule has 158 valence electrons. The number of likely N-dealkylation sites (tertiary alicyclic amines) is 1. The molecule has 4 rings (SSSR count). The van der Waals surface area contributed by atoms with Crippen LogP contribution in [-0.2, 0) is 6.18 Å². The number of halogens is 4. The standard InChI is InChI=1S/C21H20BrF3N4O/c1-2-14-10-6-7-11-28(14)20(30)18-17(22)19-26-15(13-8-4-3-5-9-13)12-16(21(23,24)25)29(19)27-18/h3-5,8-9,12,14H,2,6-7,10-11H2,1H3. The lowest BCUT2D eigenvalue weighted by Crippen LogP contribution is -2.43. The van der Waals surface area contributed by atoms with Crippen molar-refractivity contribution in [2.24, 2.45) is 0 Å². The van der Waals surface area contributed by atoms with Gasteiger partial charge in [0.15, 0.2) is 17.0 Å². The number of fused-ring (bicyclic) bond motifs is 1. The van der Waals surface area contributed by atoms with Gasteiger partial charge in [-0.2, -0.15) is 18.3 Å². The summed E-state index contributed by atoms with van der Waals surface area (Å²) in [4.78, 5) is 19.3. The molecule has 0 saturated carbocycles. The van der Waals surface area contributed by atoms with Crippen molar-refractivity contribution in [3.8, 4) is 11.3 Å². The summed E-state index contributed by atoms with van der Waals surface area (Å²) in [5, 5.41) is 4.05. The van der Waals surface area contributed by atoms with Crippen molar-refractivity contribution in [3.05, 3.63) is 52.3 Å². The maximum absolute atomic E-state index is 13.8. The molecule has 0 N–H and O–H groups in total. The first-order chi connectivity index (χ1) is 14.3. The van der Waals surface area contributed by atoms with E-state index < -0.39 is 11.9 Å². The predicted octanol–water partition coefficient (Wildman–Crippen LogP) is 5.58. The molecule has 1 fully saturated rings. The van der Waals surface area contributed by atoms with Crippen molar-refractivity contribution in [2.75, 3.05) is 6.54 Å². The minimum atomic E-state index is -4.66. The lowest BCUT2D eigenvalue weighted by atomic mass is 9.99. The largest absolute Gasteiger partial charge is 0.433 e. The zero-order valence-corrected chi connectivity index (χ0v) is 17.9. The molecule has 1 aliphatic rings. The highest BCUT2D eigenvalue weighted by molar-refractivity contribution is 9.10. The van der Waals surface area contributed by atoms with Crippen LogP contribution in [0, 0.1) is 0 Å². The number of benzene rings is 1. The molecule has 1 atom stereocenters. The fourth-order valence-electron chi connectivity index (χ4n) is 3.92. The van der Waals surface area contributed by atoms with Crippen LogP contribution in [0.5, 0.6) is 0 Å². The van der Waals surface area contributed by atoms with Gasteiger partial charge in [-0.25, -0.2) is 9.50 Å². The molecule has 3 aromatic rings. The summed E-state index contributed by atoms with van der Waals surface area (Å²) in [6, 6.07) is 9.65. The van der Waals surface area contributed by atoms with Gasteiger partial charge in [0.05, 0.1) is 10.2 Å². The van der Waals surface area contributed by atoms with Crippen LogP contribution in [-0.4, -0.2) is 38.0 Å². The topological polar surface area (TPSA) is 50.5 Å². The number of nitrogens with zero attached hydrogens (tertiary/aromatic N) is 4. The van der Waals surface area contributed by atoms with E-state index in [1.807, 2.05) is 6.92 Å². The maximum Gasteiger partial charge on any atom is 0.433 e. The highest BCUT2D eigenvalue weighted by Gasteiger charge is 2.37. The molecule has 5 nitrogen and oxygen atoms in total. The van der Waals surface area contributed by atoms with E-state index in [1.165, 1.54) is 0 Å². The van der Waals surface area contributed by atoms with E-state index in [0.29, 0.717) is 16.6 Å². The van der Waals surface area contributed by atoms with Gasteiger partial charge in [0, 0.05) is 18.2 Å². The summed E-state index contributed by atoms with van der Waals surface area (Å²) in [6.07, 6.45) is -1.07. The SMILES string of the molecule is CCC1CCCCN1C(=O)c1nn2c(C(F)(F)F)cc(-c3ccccc3)nc2c1Br. The molecule has 1 saturated heterocycles. The van der Waals surface area contributed by atoms with E-state index in [-0.39, 0.29) is 33.5 Å². The maximum atomic E-state index is 13.8. The van der Waals surface area contributed by atoms with Gasteiger partial charge in [-0.3, -0.25) is 4.79 Å². The van der Waals surface area contributed by atoms with Crippen LogP contribution in [0.1, 0.15) is 48.8 Å². The second-order valence-corrected chi connectivity index (χ2v) is 8.14. The Morgan fingerprint density at radius 1 is 1.23 bits per heavy atom. The number of alkyl halides is 3. The van der Waals surface area contributed by atoms with Crippen molar-refractivity contribution in [1.82, 2.24) is 19.5 Å². The Morgan fingerprint density at radius 2 is 1.97 bits per heavy atom. The van der Waals surface area contributed by atoms with Crippen LogP contribution < -0.4 is 0 Å². The van der Waals surface area contributed by atoms with Crippen LogP contribution in [0.2, 0.25) is 0 Å². The minimum Gasteiger partial charge on any atom is -0.334 e. The average molecular weight is 481 g/mol. The third-order valence-corrected chi connectivity index (χ3v) is 6.18. The van der Waals surface area contributed by atoms with E-state index in [1.54, 1.807) is 35.2 Å². The third-order valence-electron chi connectivity index (χ3n) is 5.45. The van der Waals surface area contributed by atoms with Crippen molar-refractivity contribution in [2.45, 2.75) is 44.8 Å². The smallest absolute Gasteiger partial charge is 0.334 e. The molecule has 0 spiro atoms. The number of hydrogen-bond acceptors (Lipinski definition) is 3. The molecule has 0 radical (unpaired) electrons. The molecule has 0 aliphatic carbocycles. The van der Waals surface area contributed by atoms with Crippen molar-refractivity contribution in [3.63, 3.8) is 0 Å². The number of carbonyl (C=O) groups is 1. The van der Waals surface area contributed by atoms with Crippen LogP contribution >= 0.6 is 15.9 Å². The molecular weight excluding hydrogens is 461 g/mol. The lowest BCUT2D eigenvalue weighted by Gasteiger charge is -2.34. The van der Waals surface area contributed by atoms with Gasteiger partial charge in [-0.15, -0.1) is 0 Å². The fraction of sp³-hybridized carbons (Fsp3) is 0.381. The number of aromatic nitrogens is 3. The molecule has 1 amide bonds. The zero-order chi connectivity index (χ0) is 21.5. The highest BCUT2D eigenvalue weighted by Crippen LogP contribution is 2.35. The van der Waals surface area contributed by atoms with Gasteiger partial charge < -0.3 is 4.90 Å².